The van der Waals surface area contributed by atoms with Gasteiger partial charge in [-0.15, -0.1) is 0 Å². The smallest absolute Gasteiger partial charge is 0.338 e. The van der Waals surface area contributed by atoms with Crippen molar-refractivity contribution in [2.24, 2.45) is 11.7 Å². The van der Waals surface area contributed by atoms with Gasteiger partial charge in [0.2, 0.25) is 0 Å². The number of hydrogen-bond acceptors (Lipinski definition) is 8. The van der Waals surface area contributed by atoms with E-state index in [0.29, 0.717) is 5.12 Å². The maximum atomic E-state index is 13.3. The molecule has 0 radical (unpaired) electrons. The van der Waals surface area contributed by atoms with E-state index in [-0.39, 0.29) is 29.7 Å². The summed E-state index contributed by atoms with van der Waals surface area (Å²) in [4.78, 5) is 38.2. The molecule has 0 aliphatic heterocycles. The molecular weight excluding hydrogens is 486 g/mol. The Morgan fingerprint density at radius 1 is 0.921 bits per heavy atom. The minimum Gasteiger partial charge on any atom is -0.480 e. The molecule has 9 nitrogen and oxygen atoms in total. The first kappa shape index (κ1) is 27.0. The van der Waals surface area contributed by atoms with Crippen LogP contribution in [-0.4, -0.2) is 39.8 Å². The molecule has 0 saturated heterocycles. The van der Waals surface area contributed by atoms with Crippen molar-refractivity contribution < 1.29 is 29.0 Å². The van der Waals surface area contributed by atoms with E-state index in [1.54, 1.807) is 20.8 Å². The number of carbonyl (C=O) groups excluding carboxylic acids is 2. The number of aliphatic carboxylic acids is 1. The van der Waals surface area contributed by atoms with Gasteiger partial charge in [-0.3, -0.25) is 16.5 Å². The topological polar surface area (TPSA) is 145 Å². The van der Waals surface area contributed by atoms with Crippen molar-refractivity contribution in [1.29, 1.82) is 0 Å². The second-order valence-corrected chi connectivity index (χ2v) is 10.2. The second-order valence-electron chi connectivity index (χ2n) is 10.2. The van der Waals surface area contributed by atoms with E-state index < -0.39 is 29.6 Å². The van der Waals surface area contributed by atoms with E-state index >= 15 is 0 Å². The SMILES string of the molecule is CC(C)(C)OC(=O)c1cccc(C(=O)OCc2cccc3c2Cc2ccccc2-3)c1C[C@@H](C(=O)O)N(N)N. The van der Waals surface area contributed by atoms with Crippen molar-refractivity contribution in [3.63, 3.8) is 0 Å². The van der Waals surface area contributed by atoms with E-state index in [1.807, 2.05) is 30.3 Å². The number of nitrogens with zero attached hydrogens (tertiary/aromatic N) is 1. The van der Waals surface area contributed by atoms with Crippen molar-refractivity contribution in [1.82, 2.24) is 5.12 Å². The molecule has 5 N–H and O–H groups in total. The summed E-state index contributed by atoms with van der Waals surface area (Å²) >= 11 is 0. The lowest BCUT2D eigenvalue weighted by Gasteiger charge is -2.24. The van der Waals surface area contributed by atoms with Gasteiger partial charge in [0.25, 0.3) is 0 Å². The van der Waals surface area contributed by atoms with Gasteiger partial charge in [0, 0.05) is 6.42 Å². The molecule has 3 aromatic carbocycles. The summed E-state index contributed by atoms with van der Waals surface area (Å²) in [6.07, 6.45) is 0.417. The third kappa shape index (κ3) is 5.75. The van der Waals surface area contributed by atoms with Gasteiger partial charge in [-0.05, 0) is 72.7 Å². The van der Waals surface area contributed by atoms with E-state index in [0.717, 1.165) is 28.7 Å². The number of hydrogen-bond donors (Lipinski definition) is 3. The average Bonchev–Trinajstić information content (AvgIpc) is 3.23. The highest BCUT2D eigenvalue weighted by Gasteiger charge is 2.30. The Balaban J connectivity index is 1.64. The summed E-state index contributed by atoms with van der Waals surface area (Å²) in [5.74, 6) is 8.40. The third-order valence-electron chi connectivity index (χ3n) is 6.36. The van der Waals surface area contributed by atoms with Gasteiger partial charge in [-0.25, -0.2) is 9.59 Å². The Morgan fingerprint density at radius 2 is 1.55 bits per heavy atom. The molecule has 1 aliphatic carbocycles. The van der Waals surface area contributed by atoms with Crippen molar-refractivity contribution in [3.8, 4) is 11.1 Å². The quantitative estimate of drug-likeness (QED) is 0.181. The highest BCUT2D eigenvalue weighted by atomic mass is 16.6. The molecule has 9 heteroatoms. The van der Waals surface area contributed by atoms with E-state index in [9.17, 15) is 19.5 Å². The Kier molecular flexibility index (Phi) is 7.63. The van der Waals surface area contributed by atoms with Gasteiger partial charge in [-0.1, -0.05) is 48.5 Å². The lowest BCUT2D eigenvalue weighted by Crippen LogP contribution is -2.52. The number of carboxylic acid groups (broad SMARTS) is 1. The number of hydrazine groups is 2. The summed E-state index contributed by atoms with van der Waals surface area (Å²) in [7, 11) is 0. The van der Waals surface area contributed by atoms with Gasteiger partial charge < -0.3 is 14.6 Å². The number of benzene rings is 3. The van der Waals surface area contributed by atoms with Crippen LogP contribution in [0.2, 0.25) is 0 Å². The van der Waals surface area contributed by atoms with Crippen molar-refractivity contribution in [2.45, 2.75) is 51.9 Å². The van der Waals surface area contributed by atoms with Gasteiger partial charge in [0.1, 0.15) is 18.2 Å². The van der Waals surface area contributed by atoms with Crippen LogP contribution in [0.3, 0.4) is 0 Å². The minimum absolute atomic E-state index is 0.00830. The predicted octanol–water partition coefficient (Wildman–Crippen LogP) is 3.62. The molecule has 38 heavy (non-hydrogen) atoms. The Bertz CT molecular complexity index is 1390. The van der Waals surface area contributed by atoms with E-state index in [4.69, 9.17) is 21.2 Å². The highest BCUT2D eigenvalue weighted by Crippen LogP contribution is 2.38. The molecule has 0 unspecified atom stereocenters. The molecular formula is C29H31N3O6. The normalized spacial score (nSPS) is 13.0. The van der Waals surface area contributed by atoms with Crippen LogP contribution in [0.4, 0.5) is 0 Å². The summed E-state index contributed by atoms with van der Waals surface area (Å²) in [6.45, 7) is 5.14. The fourth-order valence-corrected chi connectivity index (χ4v) is 4.62. The summed E-state index contributed by atoms with van der Waals surface area (Å²) in [5.41, 5.74) is 4.85. The zero-order valence-electron chi connectivity index (χ0n) is 21.6. The maximum Gasteiger partial charge on any atom is 0.338 e. The first-order chi connectivity index (χ1) is 18.0. The van der Waals surface area contributed by atoms with Crippen LogP contribution in [0.15, 0.2) is 60.7 Å². The van der Waals surface area contributed by atoms with Crippen molar-refractivity contribution in [3.05, 3.63) is 94.0 Å². The molecule has 0 amide bonds. The van der Waals surface area contributed by atoms with Crippen LogP contribution in [0.5, 0.6) is 0 Å². The van der Waals surface area contributed by atoms with E-state index in [1.165, 1.54) is 23.8 Å². The maximum absolute atomic E-state index is 13.3. The van der Waals surface area contributed by atoms with Gasteiger partial charge >= 0.3 is 17.9 Å². The molecule has 0 bridgehead atoms. The number of fused-ring (bicyclic) bond motifs is 3. The average molecular weight is 518 g/mol. The number of carboxylic acids is 1. The minimum atomic E-state index is -1.40. The molecule has 0 heterocycles. The Labute approximate surface area is 220 Å². The first-order valence-corrected chi connectivity index (χ1v) is 12.2. The number of rotatable bonds is 8. The lowest BCUT2D eigenvalue weighted by molar-refractivity contribution is -0.143. The molecule has 0 aromatic heterocycles. The number of carbonyl (C=O) groups is 3. The second kappa shape index (κ2) is 10.7. The zero-order chi connectivity index (χ0) is 27.6. The van der Waals surface area contributed by atoms with Crippen LogP contribution in [0, 0.1) is 0 Å². The van der Waals surface area contributed by atoms with Crippen LogP contribution in [0.25, 0.3) is 11.1 Å². The van der Waals surface area contributed by atoms with Crippen LogP contribution in [-0.2, 0) is 33.7 Å². The molecule has 0 spiro atoms. The standard InChI is InChI=1S/C29H31N3O6/c1-29(2,3)38-28(36)22-13-7-12-21(24(22)15-25(26(33)34)32(30)31)27(35)37-16-18-9-6-11-20-19-10-5-4-8-17(19)14-23(18)20/h4-13,25H,14-16,30-31H2,1-3H3,(H,33,34)/t25-/m0/s1. The van der Waals surface area contributed by atoms with Crippen LogP contribution in [0.1, 0.15) is 63.7 Å². The van der Waals surface area contributed by atoms with Gasteiger partial charge in [-0.2, -0.15) is 5.12 Å². The zero-order valence-corrected chi connectivity index (χ0v) is 21.6. The van der Waals surface area contributed by atoms with Crippen molar-refractivity contribution >= 4 is 17.9 Å². The summed E-state index contributed by atoms with van der Waals surface area (Å²) in [5, 5.41) is 10.2. The van der Waals surface area contributed by atoms with Gasteiger partial charge in [0.15, 0.2) is 0 Å². The molecule has 0 fully saturated rings. The van der Waals surface area contributed by atoms with E-state index in [2.05, 4.69) is 12.1 Å². The molecule has 0 saturated carbocycles. The molecule has 198 valence electrons. The fourth-order valence-electron chi connectivity index (χ4n) is 4.62. The monoisotopic (exact) mass is 517 g/mol. The number of nitrogens with two attached hydrogens (primary N) is 2. The molecule has 3 aromatic rings. The lowest BCUT2D eigenvalue weighted by atomic mass is 9.94. The van der Waals surface area contributed by atoms with Crippen LogP contribution < -0.4 is 11.7 Å². The van der Waals surface area contributed by atoms with Gasteiger partial charge in [0.05, 0.1) is 11.1 Å². The predicted molar refractivity (Wildman–Crippen MR) is 141 cm³/mol. The fraction of sp³-hybridized carbons (Fsp3) is 0.276. The van der Waals surface area contributed by atoms with Crippen LogP contribution >= 0.6 is 0 Å². The number of esters is 2. The largest absolute Gasteiger partial charge is 0.480 e. The Hall–Kier alpha value is -4.05. The summed E-state index contributed by atoms with van der Waals surface area (Å²) in [6, 6.07) is 17.1. The highest BCUT2D eigenvalue weighted by molar-refractivity contribution is 5.98. The first-order valence-electron chi connectivity index (χ1n) is 12.2. The van der Waals surface area contributed by atoms with Crippen molar-refractivity contribution in [2.75, 3.05) is 0 Å². The molecule has 1 aliphatic rings. The molecule has 1 atom stereocenters. The Morgan fingerprint density at radius 3 is 2.21 bits per heavy atom. The third-order valence-corrected chi connectivity index (χ3v) is 6.36. The molecule has 4 rings (SSSR count). The number of ether oxygens (including phenoxy) is 2. The summed E-state index contributed by atoms with van der Waals surface area (Å²) < 4.78 is 11.2.